The SMILES string of the molecule is CCn1ccnc1CN(C(=O)c1ccsc1)C1CC12CCNCC2. The third-order valence-electron chi connectivity index (χ3n) is 5.61. The van der Waals surface area contributed by atoms with Crippen LogP contribution in [0.15, 0.2) is 29.2 Å². The molecule has 1 spiro atoms. The van der Waals surface area contributed by atoms with Crippen LogP contribution in [-0.4, -0.2) is 39.5 Å². The summed E-state index contributed by atoms with van der Waals surface area (Å²) in [7, 11) is 0. The summed E-state index contributed by atoms with van der Waals surface area (Å²) >= 11 is 1.58. The Labute approximate surface area is 146 Å². The van der Waals surface area contributed by atoms with E-state index >= 15 is 0 Å². The van der Waals surface area contributed by atoms with Crippen molar-refractivity contribution in [2.24, 2.45) is 5.41 Å². The minimum absolute atomic E-state index is 0.155. The predicted molar refractivity (Wildman–Crippen MR) is 95.0 cm³/mol. The maximum absolute atomic E-state index is 13.1. The second-order valence-corrected chi connectivity index (χ2v) is 7.69. The zero-order chi connectivity index (χ0) is 16.6. The molecule has 1 aliphatic carbocycles. The third-order valence-corrected chi connectivity index (χ3v) is 6.29. The van der Waals surface area contributed by atoms with E-state index in [1.54, 1.807) is 11.3 Å². The first-order valence-corrected chi connectivity index (χ1v) is 9.72. The van der Waals surface area contributed by atoms with Crippen LogP contribution in [0.3, 0.4) is 0 Å². The first kappa shape index (κ1) is 15.8. The van der Waals surface area contributed by atoms with Crippen LogP contribution >= 0.6 is 11.3 Å². The monoisotopic (exact) mass is 344 g/mol. The van der Waals surface area contributed by atoms with E-state index in [0.29, 0.717) is 18.0 Å². The summed E-state index contributed by atoms with van der Waals surface area (Å²) in [6, 6.07) is 2.29. The number of carbonyl (C=O) groups is 1. The molecule has 1 saturated heterocycles. The third kappa shape index (κ3) is 2.78. The molecule has 0 aromatic carbocycles. The van der Waals surface area contributed by atoms with Crippen LogP contribution in [0.2, 0.25) is 0 Å². The molecule has 6 heteroatoms. The molecule has 1 atom stereocenters. The van der Waals surface area contributed by atoms with Crippen LogP contribution in [0.1, 0.15) is 42.4 Å². The molecule has 2 fully saturated rings. The van der Waals surface area contributed by atoms with Gasteiger partial charge in [-0.25, -0.2) is 4.98 Å². The van der Waals surface area contributed by atoms with Crippen molar-refractivity contribution in [2.75, 3.05) is 13.1 Å². The Morgan fingerprint density at radius 1 is 1.50 bits per heavy atom. The van der Waals surface area contributed by atoms with Crippen LogP contribution in [0.4, 0.5) is 0 Å². The fourth-order valence-electron chi connectivity index (χ4n) is 4.04. The summed E-state index contributed by atoms with van der Waals surface area (Å²) < 4.78 is 2.13. The summed E-state index contributed by atoms with van der Waals surface area (Å²) in [6.07, 6.45) is 7.31. The fraction of sp³-hybridized carbons (Fsp3) is 0.556. The van der Waals surface area contributed by atoms with Gasteiger partial charge in [-0.15, -0.1) is 0 Å². The lowest BCUT2D eigenvalue weighted by atomic mass is 9.93. The van der Waals surface area contributed by atoms with Crippen molar-refractivity contribution in [1.29, 1.82) is 0 Å². The first-order chi connectivity index (χ1) is 11.7. The Morgan fingerprint density at radius 2 is 2.33 bits per heavy atom. The molecule has 128 valence electrons. The maximum atomic E-state index is 13.1. The van der Waals surface area contributed by atoms with E-state index in [-0.39, 0.29) is 5.91 Å². The summed E-state index contributed by atoms with van der Waals surface area (Å²) in [5.41, 5.74) is 1.14. The normalized spacial score (nSPS) is 21.8. The number of amides is 1. The van der Waals surface area contributed by atoms with Crippen LogP contribution in [0.5, 0.6) is 0 Å². The van der Waals surface area contributed by atoms with Gasteiger partial charge in [-0.3, -0.25) is 4.79 Å². The summed E-state index contributed by atoms with van der Waals surface area (Å²) in [5, 5.41) is 7.38. The zero-order valence-corrected chi connectivity index (χ0v) is 14.9. The van der Waals surface area contributed by atoms with E-state index in [2.05, 4.69) is 26.7 Å². The van der Waals surface area contributed by atoms with E-state index in [1.165, 1.54) is 12.8 Å². The minimum Gasteiger partial charge on any atom is -0.334 e. The van der Waals surface area contributed by atoms with Gasteiger partial charge in [0.05, 0.1) is 12.1 Å². The molecule has 5 nitrogen and oxygen atoms in total. The van der Waals surface area contributed by atoms with Crippen molar-refractivity contribution in [2.45, 2.75) is 45.3 Å². The molecule has 0 radical (unpaired) electrons. The number of piperidine rings is 1. The van der Waals surface area contributed by atoms with Crippen molar-refractivity contribution in [3.63, 3.8) is 0 Å². The molecular formula is C18H24N4OS. The molecule has 1 saturated carbocycles. The maximum Gasteiger partial charge on any atom is 0.255 e. The fourth-order valence-corrected chi connectivity index (χ4v) is 4.67. The highest BCUT2D eigenvalue weighted by Crippen LogP contribution is 2.56. The average Bonchev–Trinajstić information content (AvgIpc) is 3.05. The number of carbonyl (C=O) groups excluding carboxylic acids is 1. The summed E-state index contributed by atoms with van der Waals surface area (Å²) in [6.45, 7) is 5.74. The van der Waals surface area contributed by atoms with Gasteiger partial charge in [0.15, 0.2) is 0 Å². The Hall–Kier alpha value is -1.66. The number of aryl methyl sites for hydroxylation is 1. The van der Waals surface area contributed by atoms with E-state index in [9.17, 15) is 4.79 Å². The molecule has 1 unspecified atom stereocenters. The molecule has 1 N–H and O–H groups in total. The number of thiophene rings is 1. The lowest BCUT2D eigenvalue weighted by molar-refractivity contribution is 0.0685. The number of hydrogen-bond acceptors (Lipinski definition) is 4. The molecular weight excluding hydrogens is 320 g/mol. The second-order valence-electron chi connectivity index (χ2n) is 6.91. The van der Waals surface area contributed by atoms with Crippen LogP contribution in [0, 0.1) is 5.41 Å². The smallest absolute Gasteiger partial charge is 0.255 e. The highest BCUT2D eigenvalue weighted by Gasteiger charge is 2.57. The Kier molecular flexibility index (Phi) is 4.18. The second kappa shape index (κ2) is 6.33. The number of imidazole rings is 1. The molecule has 24 heavy (non-hydrogen) atoms. The zero-order valence-electron chi connectivity index (χ0n) is 14.1. The van der Waals surface area contributed by atoms with Crippen molar-refractivity contribution < 1.29 is 4.79 Å². The van der Waals surface area contributed by atoms with Gasteiger partial charge < -0.3 is 14.8 Å². The number of nitrogens with zero attached hydrogens (tertiary/aromatic N) is 3. The Morgan fingerprint density at radius 3 is 3.04 bits per heavy atom. The van der Waals surface area contributed by atoms with E-state index < -0.39 is 0 Å². The van der Waals surface area contributed by atoms with Gasteiger partial charge in [-0.2, -0.15) is 11.3 Å². The number of nitrogens with one attached hydrogen (secondary N) is 1. The highest BCUT2D eigenvalue weighted by atomic mass is 32.1. The average molecular weight is 344 g/mol. The van der Waals surface area contributed by atoms with E-state index in [0.717, 1.165) is 37.4 Å². The van der Waals surface area contributed by atoms with Gasteiger partial charge in [-0.1, -0.05) is 0 Å². The topological polar surface area (TPSA) is 50.2 Å². The summed E-state index contributed by atoms with van der Waals surface area (Å²) in [5.74, 6) is 1.14. The van der Waals surface area contributed by atoms with Gasteiger partial charge >= 0.3 is 0 Å². The lowest BCUT2D eigenvalue weighted by Gasteiger charge is -2.29. The molecule has 0 bridgehead atoms. The Balaban J connectivity index is 1.59. The molecule has 3 heterocycles. The highest BCUT2D eigenvalue weighted by molar-refractivity contribution is 7.08. The number of rotatable bonds is 5. The number of hydrogen-bond donors (Lipinski definition) is 1. The van der Waals surface area contributed by atoms with Crippen molar-refractivity contribution in [3.05, 3.63) is 40.6 Å². The molecule has 1 aliphatic heterocycles. The lowest BCUT2D eigenvalue weighted by Crippen LogP contribution is -2.39. The quantitative estimate of drug-likeness (QED) is 0.907. The van der Waals surface area contributed by atoms with Gasteiger partial charge in [0.2, 0.25) is 0 Å². The van der Waals surface area contributed by atoms with Gasteiger partial charge in [0.1, 0.15) is 5.82 Å². The molecule has 1 amide bonds. The molecule has 4 rings (SSSR count). The van der Waals surface area contributed by atoms with Crippen LogP contribution in [-0.2, 0) is 13.1 Å². The predicted octanol–water partition coefficient (Wildman–Crippen LogP) is 2.75. The molecule has 2 aromatic heterocycles. The molecule has 2 aromatic rings. The molecule has 2 aliphatic rings. The van der Waals surface area contributed by atoms with Gasteiger partial charge in [-0.05, 0) is 56.1 Å². The Bertz CT molecular complexity index is 702. The largest absolute Gasteiger partial charge is 0.334 e. The minimum atomic E-state index is 0.155. The van der Waals surface area contributed by atoms with E-state index in [1.807, 2.05) is 29.2 Å². The van der Waals surface area contributed by atoms with Crippen molar-refractivity contribution >= 4 is 17.2 Å². The summed E-state index contributed by atoms with van der Waals surface area (Å²) in [4.78, 5) is 19.7. The van der Waals surface area contributed by atoms with E-state index in [4.69, 9.17) is 0 Å². The van der Waals surface area contributed by atoms with Gasteiger partial charge in [0.25, 0.3) is 5.91 Å². The standard InChI is InChI=1S/C18H24N4OS/c1-2-21-9-8-20-16(21)12-22(17(23)14-3-10-24-13-14)15-11-18(15)4-6-19-7-5-18/h3,8-10,13,15,19H,2,4-7,11-12H2,1H3. The number of aromatic nitrogens is 2. The first-order valence-electron chi connectivity index (χ1n) is 8.77. The van der Waals surface area contributed by atoms with Crippen LogP contribution < -0.4 is 5.32 Å². The van der Waals surface area contributed by atoms with Crippen molar-refractivity contribution in [1.82, 2.24) is 19.8 Å². The van der Waals surface area contributed by atoms with Crippen molar-refractivity contribution in [3.8, 4) is 0 Å². The van der Waals surface area contributed by atoms with Crippen LogP contribution in [0.25, 0.3) is 0 Å². The van der Waals surface area contributed by atoms with Gasteiger partial charge in [0, 0.05) is 30.4 Å².